The third-order valence-electron chi connectivity index (χ3n) is 2.92. The number of rotatable bonds is 3. The maximum atomic E-state index is 4.29. The van der Waals surface area contributed by atoms with Gasteiger partial charge in [0.25, 0.3) is 0 Å². The van der Waals surface area contributed by atoms with E-state index in [-0.39, 0.29) is 0 Å². The molecule has 1 saturated heterocycles. The molecule has 0 saturated carbocycles. The third-order valence-corrected chi connectivity index (χ3v) is 2.92. The van der Waals surface area contributed by atoms with Crippen LogP contribution in [0.1, 0.15) is 18.5 Å². The van der Waals surface area contributed by atoms with E-state index in [1.807, 2.05) is 6.20 Å². The van der Waals surface area contributed by atoms with Crippen molar-refractivity contribution in [2.75, 3.05) is 20.1 Å². The van der Waals surface area contributed by atoms with Gasteiger partial charge in [-0.15, -0.1) is 0 Å². The minimum atomic E-state index is 0.640. The summed E-state index contributed by atoms with van der Waals surface area (Å²) in [5.41, 5.74) is 1.05. The highest BCUT2D eigenvalue weighted by Crippen LogP contribution is 2.10. The van der Waals surface area contributed by atoms with Crippen LogP contribution >= 0.6 is 0 Å². The zero-order valence-corrected chi connectivity index (χ0v) is 9.19. The predicted molar refractivity (Wildman–Crippen MR) is 59.4 cm³/mol. The van der Waals surface area contributed by atoms with Crippen molar-refractivity contribution in [2.24, 2.45) is 0 Å². The summed E-state index contributed by atoms with van der Waals surface area (Å²) >= 11 is 0. The Kier molecular flexibility index (Phi) is 3.64. The minimum absolute atomic E-state index is 0.640. The lowest BCUT2D eigenvalue weighted by atomic mass is 10.1. The van der Waals surface area contributed by atoms with Crippen molar-refractivity contribution in [3.8, 4) is 0 Å². The average Bonchev–Trinajstić information content (AvgIpc) is 2.31. The van der Waals surface area contributed by atoms with Crippen LogP contribution in [0, 0.1) is 0 Å². The quantitative estimate of drug-likeness (QED) is 0.789. The first-order chi connectivity index (χ1) is 7.36. The standard InChI is InChI=1S/C11H18N4/c1-15(11-3-2-4-12-8-11)9-10-7-13-5-6-14-10/h5-7,11-12H,2-4,8-9H2,1H3. The van der Waals surface area contributed by atoms with Gasteiger partial charge in [-0.3, -0.25) is 14.9 Å². The number of nitrogens with zero attached hydrogens (tertiary/aromatic N) is 3. The van der Waals surface area contributed by atoms with E-state index in [4.69, 9.17) is 0 Å². The van der Waals surface area contributed by atoms with E-state index >= 15 is 0 Å². The van der Waals surface area contributed by atoms with Crippen LogP contribution in [0.15, 0.2) is 18.6 Å². The Labute approximate surface area is 90.7 Å². The Morgan fingerprint density at radius 2 is 2.47 bits per heavy atom. The van der Waals surface area contributed by atoms with Crippen molar-refractivity contribution >= 4 is 0 Å². The van der Waals surface area contributed by atoms with Gasteiger partial charge < -0.3 is 5.32 Å². The molecule has 1 N–H and O–H groups in total. The molecular formula is C11H18N4. The van der Waals surface area contributed by atoms with Gasteiger partial charge in [0, 0.05) is 37.7 Å². The Morgan fingerprint density at radius 3 is 3.13 bits per heavy atom. The maximum Gasteiger partial charge on any atom is 0.0726 e. The van der Waals surface area contributed by atoms with Gasteiger partial charge in [-0.1, -0.05) is 0 Å². The molecule has 1 unspecified atom stereocenters. The summed E-state index contributed by atoms with van der Waals surface area (Å²) in [7, 11) is 2.16. The number of hydrogen-bond donors (Lipinski definition) is 1. The van der Waals surface area contributed by atoms with E-state index in [1.165, 1.54) is 12.8 Å². The Bertz CT molecular complexity index is 282. The van der Waals surface area contributed by atoms with E-state index in [9.17, 15) is 0 Å². The predicted octanol–water partition coefficient (Wildman–Crippen LogP) is 0.660. The molecule has 2 heterocycles. The molecule has 0 bridgehead atoms. The summed E-state index contributed by atoms with van der Waals surface area (Å²) in [5, 5.41) is 3.42. The summed E-state index contributed by atoms with van der Waals surface area (Å²) < 4.78 is 0. The van der Waals surface area contributed by atoms with Crippen molar-refractivity contribution in [3.05, 3.63) is 24.3 Å². The van der Waals surface area contributed by atoms with Crippen molar-refractivity contribution in [1.82, 2.24) is 20.2 Å². The summed E-state index contributed by atoms with van der Waals surface area (Å²) in [5.74, 6) is 0. The van der Waals surface area contributed by atoms with Gasteiger partial charge in [0.2, 0.25) is 0 Å². The largest absolute Gasteiger partial charge is 0.315 e. The SMILES string of the molecule is CN(Cc1cnccn1)C1CCCNC1. The molecule has 4 nitrogen and oxygen atoms in total. The molecular weight excluding hydrogens is 188 g/mol. The first-order valence-electron chi connectivity index (χ1n) is 5.52. The third kappa shape index (κ3) is 2.97. The smallest absolute Gasteiger partial charge is 0.0726 e. The Hall–Kier alpha value is -1.00. The number of nitrogens with one attached hydrogen (secondary N) is 1. The fourth-order valence-corrected chi connectivity index (χ4v) is 2.01. The Balaban J connectivity index is 1.88. The molecule has 1 atom stereocenters. The minimum Gasteiger partial charge on any atom is -0.315 e. The van der Waals surface area contributed by atoms with Crippen molar-refractivity contribution in [3.63, 3.8) is 0 Å². The van der Waals surface area contributed by atoms with Crippen molar-refractivity contribution in [1.29, 1.82) is 0 Å². The molecule has 0 amide bonds. The van der Waals surface area contributed by atoms with Crippen molar-refractivity contribution in [2.45, 2.75) is 25.4 Å². The maximum absolute atomic E-state index is 4.29. The van der Waals surface area contributed by atoms with Crippen molar-refractivity contribution < 1.29 is 0 Å². The number of aromatic nitrogens is 2. The van der Waals surface area contributed by atoms with Crippen LogP contribution in [0.4, 0.5) is 0 Å². The normalized spacial score (nSPS) is 21.9. The van der Waals surface area contributed by atoms with E-state index in [2.05, 4.69) is 27.2 Å². The van der Waals surface area contributed by atoms with E-state index in [1.54, 1.807) is 12.4 Å². The summed E-state index contributed by atoms with van der Waals surface area (Å²) in [6.07, 6.45) is 7.86. The van der Waals surface area contributed by atoms with Crippen LogP contribution in [0.2, 0.25) is 0 Å². The monoisotopic (exact) mass is 206 g/mol. The zero-order valence-electron chi connectivity index (χ0n) is 9.19. The molecule has 2 rings (SSSR count). The molecule has 1 aliphatic heterocycles. The first-order valence-corrected chi connectivity index (χ1v) is 5.52. The molecule has 4 heteroatoms. The molecule has 82 valence electrons. The van der Waals surface area contributed by atoms with Gasteiger partial charge in [-0.25, -0.2) is 0 Å². The Morgan fingerprint density at radius 1 is 1.53 bits per heavy atom. The fourth-order valence-electron chi connectivity index (χ4n) is 2.01. The fraction of sp³-hybridized carbons (Fsp3) is 0.636. The van der Waals surface area contributed by atoms with E-state index in [0.29, 0.717) is 6.04 Å². The second-order valence-electron chi connectivity index (χ2n) is 4.11. The molecule has 0 aliphatic carbocycles. The zero-order chi connectivity index (χ0) is 10.5. The van der Waals surface area contributed by atoms with Crippen LogP contribution in [0.3, 0.4) is 0 Å². The summed E-state index contributed by atoms with van der Waals surface area (Å²) in [4.78, 5) is 10.7. The summed E-state index contributed by atoms with van der Waals surface area (Å²) in [6, 6.07) is 0.640. The highest BCUT2D eigenvalue weighted by molar-refractivity contribution is 4.95. The second kappa shape index (κ2) is 5.19. The highest BCUT2D eigenvalue weighted by atomic mass is 15.2. The van der Waals surface area contributed by atoms with Crippen LogP contribution < -0.4 is 5.32 Å². The van der Waals surface area contributed by atoms with Crippen LogP contribution in [-0.4, -0.2) is 41.0 Å². The van der Waals surface area contributed by atoms with E-state index < -0.39 is 0 Å². The lowest BCUT2D eigenvalue weighted by Crippen LogP contribution is -2.43. The molecule has 1 aromatic heterocycles. The number of hydrogen-bond acceptors (Lipinski definition) is 4. The molecule has 0 aromatic carbocycles. The average molecular weight is 206 g/mol. The number of piperidine rings is 1. The molecule has 1 aliphatic rings. The highest BCUT2D eigenvalue weighted by Gasteiger charge is 2.17. The lowest BCUT2D eigenvalue weighted by Gasteiger charge is -2.31. The molecule has 1 aromatic rings. The van der Waals surface area contributed by atoms with Crippen LogP contribution in [0.25, 0.3) is 0 Å². The molecule has 1 fully saturated rings. The van der Waals surface area contributed by atoms with Gasteiger partial charge >= 0.3 is 0 Å². The van der Waals surface area contributed by atoms with Gasteiger partial charge in [0.15, 0.2) is 0 Å². The van der Waals surface area contributed by atoms with Gasteiger partial charge in [0.1, 0.15) is 0 Å². The topological polar surface area (TPSA) is 41.1 Å². The molecule has 15 heavy (non-hydrogen) atoms. The van der Waals surface area contributed by atoms with Gasteiger partial charge in [-0.2, -0.15) is 0 Å². The first kappa shape index (κ1) is 10.5. The molecule has 0 radical (unpaired) electrons. The van der Waals surface area contributed by atoms with Gasteiger partial charge in [0.05, 0.1) is 5.69 Å². The molecule has 0 spiro atoms. The summed E-state index contributed by atoms with van der Waals surface area (Å²) in [6.45, 7) is 3.15. The van der Waals surface area contributed by atoms with Crippen LogP contribution in [0.5, 0.6) is 0 Å². The number of likely N-dealkylation sites (N-methyl/N-ethyl adjacent to an activating group) is 1. The lowest BCUT2D eigenvalue weighted by molar-refractivity contribution is 0.194. The van der Waals surface area contributed by atoms with Crippen LogP contribution in [-0.2, 0) is 6.54 Å². The van der Waals surface area contributed by atoms with E-state index in [0.717, 1.165) is 25.3 Å². The van der Waals surface area contributed by atoms with Gasteiger partial charge in [-0.05, 0) is 26.4 Å². The second-order valence-corrected chi connectivity index (χ2v) is 4.11.